The second-order valence-corrected chi connectivity index (χ2v) is 6.95. The Bertz CT molecular complexity index is 716. The van der Waals surface area contributed by atoms with Gasteiger partial charge in [-0.2, -0.15) is 0 Å². The predicted octanol–water partition coefficient (Wildman–Crippen LogP) is 2.32. The fraction of sp³-hybridized carbons (Fsp3) is 0.500. The van der Waals surface area contributed by atoms with Crippen LogP contribution < -0.4 is 4.74 Å². The highest BCUT2D eigenvalue weighted by Gasteiger charge is 2.52. The number of carbonyl (C=O) groups excluding carboxylic acids is 2. The van der Waals surface area contributed by atoms with Crippen molar-refractivity contribution < 1.29 is 38.0 Å². The maximum Gasteiger partial charge on any atom is 0.338 e. The molecule has 2 aliphatic heterocycles. The van der Waals surface area contributed by atoms with Crippen molar-refractivity contribution >= 4 is 11.9 Å². The van der Waals surface area contributed by atoms with Gasteiger partial charge >= 0.3 is 11.9 Å². The summed E-state index contributed by atoms with van der Waals surface area (Å²) in [6.45, 7) is 6.81. The molecule has 1 aromatic carbocycles. The van der Waals surface area contributed by atoms with E-state index in [1.54, 1.807) is 0 Å². The lowest BCUT2D eigenvalue weighted by Gasteiger charge is -2.26. The second kappa shape index (κ2) is 8.30. The van der Waals surface area contributed by atoms with Gasteiger partial charge in [0.05, 0.1) is 6.61 Å². The van der Waals surface area contributed by atoms with E-state index in [4.69, 9.17) is 28.4 Å². The number of para-hydroxylation sites is 1. The molecule has 3 unspecified atom stereocenters. The Labute approximate surface area is 163 Å². The van der Waals surface area contributed by atoms with Crippen LogP contribution >= 0.6 is 0 Å². The fourth-order valence-electron chi connectivity index (χ4n) is 2.94. The minimum atomic E-state index is -1.44. The molecule has 152 valence electrons. The average molecular weight is 392 g/mol. The summed E-state index contributed by atoms with van der Waals surface area (Å²) < 4.78 is 33.1. The van der Waals surface area contributed by atoms with Crippen molar-refractivity contribution in [2.75, 3.05) is 13.2 Å². The Morgan fingerprint density at radius 1 is 1.25 bits per heavy atom. The highest BCUT2D eigenvalue weighted by Crippen LogP contribution is 2.38. The number of benzene rings is 1. The van der Waals surface area contributed by atoms with Crippen molar-refractivity contribution in [3.63, 3.8) is 0 Å². The van der Waals surface area contributed by atoms with Crippen LogP contribution in [0.4, 0.5) is 0 Å². The zero-order valence-corrected chi connectivity index (χ0v) is 15.9. The third kappa shape index (κ3) is 5.09. The van der Waals surface area contributed by atoms with E-state index in [1.165, 1.54) is 13.8 Å². The van der Waals surface area contributed by atoms with Crippen molar-refractivity contribution in [1.82, 2.24) is 0 Å². The first-order valence-electron chi connectivity index (χ1n) is 9.06. The molecule has 3 rings (SSSR count). The lowest BCUT2D eigenvalue weighted by molar-refractivity contribution is -0.327. The van der Waals surface area contributed by atoms with E-state index in [1.807, 2.05) is 30.3 Å². The van der Waals surface area contributed by atoms with E-state index in [9.17, 15) is 9.59 Å². The number of carbonyl (C=O) groups is 2. The summed E-state index contributed by atoms with van der Waals surface area (Å²) in [4.78, 5) is 23.7. The molecule has 8 nitrogen and oxygen atoms in total. The molecule has 2 aliphatic rings. The van der Waals surface area contributed by atoms with E-state index < -0.39 is 29.8 Å². The van der Waals surface area contributed by atoms with E-state index in [0.29, 0.717) is 19.4 Å². The van der Waals surface area contributed by atoms with E-state index in [-0.39, 0.29) is 12.7 Å². The fourth-order valence-corrected chi connectivity index (χ4v) is 2.94. The van der Waals surface area contributed by atoms with Crippen LogP contribution in [-0.4, -0.2) is 49.1 Å². The molecule has 0 aliphatic carbocycles. The van der Waals surface area contributed by atoms with Crippen molar-refractivity contribution in [2.24, 2.45) is 0 Å². The van der Waals surface area contributed by atoms with Crippen LogP contribution in [-0.2, 0) is 33.3 Å². The van der Waals surface area contributed by atoms with Gasteiger partial charge in [0, 0.05) is 26.3 Å². The Kier molecular flexibility index (Phi) is 6.02. The van der Waals surface area contributed by atoms with Crippen LogP contribution in [0, 0.1) is 0 Å². The molecule has 2 heterocycles. The maximum atomic E-state index is 12.4. The highest BCUT2D eigenvalue weighted by atomic mass is 16.9. The van der Waals surface area contributed by atoms with Crippen molar-refractivity contribution in [2.45, 2.75) is 50.7 Å². The molecule has 8 heteroatoms. The van der Waals surface area contributed by atoms with Gasteiger partial charge in [0.2, 0.25) is 0 Å². The monoisotopic (exact) mass is 392 g/mol. The second-order valence-electron chi connectivity index (χ2n) is 6.95. The number of esters is 2. The van der Waals surface area contributed by atoms with Gasteiger partial charge in [0.1, 0.15) is 18.5 Å². The SMILES string of the molecule is C=CC(=O)OC(C)(C)OC(=O)C1CCC2(OCC(COc3ccccc3)O2)O1. The quantitative estimate of drug-likeness (QED) is 0.397. The first-order valence-corrected chi connectivity index (χ1v) is 9.06. The van der Waals surface area contributed by atoms with Gasteiger partial charge in [0.25, 0.3) is 11.8 Å². The molecular formula is C20H24O8. The van der Waals surface area contributed by atoms with Crippen molar-refractivity contribution in [3.05, 3.63) is 43.0 Å². The molecular weight excluding hydrogens is 368 g/mol. The Hall–Kier alpha value is -2.42. The minimum Gasteiger partial charge on any atom is -0.491 e. The molecule has 3 atom stereocenters. The molecule has 1 spiro atoms. The van der Waals surface area contributed by atoms with Crippen LogP contribution in [0.3, 0.4) is 0 Å². The van der Waals surface area contributed by atoms with Crippen LogP contribution in [0.2, 0.25) is 0 Å². The van der Waals surface area contributed by atoms with Crippen LogP contribution in [0.1, 0.15) is 26.7 Å². The van der Waals surface area contributed by atoms with Gasteiger partial charge in [-0.25, -0.2) is 9.59 Å². The van der Waals surface area contributed by atoms with Crippen molar-refractivity contribution in [3.8, 4) is 5.75 Å². The molecule has 2 fully saturated rings. The summed E-state index contributed by atoms with van der Waals surface area (Å²) in [6, 6.07) is 9.37. The van der Waals surface area contributed by atoms with Gasteiger partial charge < -0.3 is 28.4 Å². The number of hydrogen-bond donors (Lipinski definition) is 0. The number of hydrogen-bond acceptors (Lipinski definition) is 8. The predicted molar refractivity (Wildman–Crippen MR) is 96.1 cm³/mol. The van der Waals surface area contributed by atoms with Gasteiger partial charge in [-0.15, -0.1) is 0 Å². The van der Waals surface area contributed by atoms with Crippen LogP contribution in [0.25, 0.3) is 0 Å². The zero-order valence-electron chi connectivity index (χ0n) is 15.9. The summed E-state index contributed by atoms with van der Waals surface area (Å²) in [7, 11) is 0. The Balaban J connectivity index is 1.48. The largest absolute Gasteiger partial charge is 0.491 e. The molecule has 0 radical (unpaired) electrons. The minimum absolute atomic E-state index is 0.289. The summed E-state index contributed by atoms with van der Waals surface area (Å²) in [5.74, 6) is -3.33. The van der Waals surface area contributed by atoms with Crippen molar-refractivity contribution in [1.29, 1.82) is 0 Å². The average Bonchev–Trinajstić information content (AvgIpc) is 3.27. The summed E-state index contributed by atoms with van der Waals surface area (Å²) in [5.41, 5.74) is 0. The molecule has 1 aromatic rings. The lowest BCUT2D eigenvalue weighted by atomic mass is 10.2. The van der Waals surface area contributed by atoms with Gasteiger partial charge in [-0.3, -0.25) is 0 Å². The maximum absolute atomic E-state index is 12.4. The Morgan fingerprint density at radius 2 is 2.00 bits per heavy atom. The van der Waals surface area contributed by atoms with E-state index >= 15 is 0 Å². The van der Waals surface area contributed by atoms with E-state index in [0.717, 1.165) is 11.8 Å². The van der Waals surface area contributed by atoms with Crippen LogP contribution in [0.15, 0.2) is 43.0 Å². The number of ether oxygens (including phenoxy) is 6. The molecule has 0 amide bonds. The van der Waals surface area contributed by atoms with Gasteiger partial charge in [-0.1, -0.05) is 24.8 Å². The number of rotatable bonds is 7. The first kappa shape index (κ1) is 20.3. The van der Waals surface area contributed by atoms with E-state index in [2.05, 4.69) is 6.58 Å². The Morgan fingerprint density at radius 3 is 2.71 bits per heavy atom. The normalized spacial score (nSPS) is 26.8. The first-order chi connectivity index (χ1) is 13.3. The molecule has 0 bridgehead atoms. The summed E-state index contributed by atoms with van der Waals surface area (Å²) in [6.07, 6.45) is 0.530. The molecule has 2 saturated heterocycles. The lowest BCUT2D eigenvalue weighted by Crippen LogP contribution is -2.39. The topological polar surface area (TPSA) is 89.5 Å². The van der Waals surface area contributed by atoms with Gasteiger partial charge in [-0.05, 0) is 18.6 Å². The third-order valence-electron chi connectivity index (χ3n) is 4.17. The van der Waals surface area contributed by atoms with Crippen LogP contribution in [0.5, 0.6) is 5.75 Å². The molecule has 0 aromatic heterocycles. The summed E-state index contributed by atoms with van der Waals surface area (Å²) in [5, 5.41) is 0. The zero-order chi connectivity index (χ0) is 20.2. The summed E-state index contributed by atoms with van der Waals surface area (Å²) >= 11 is 0. The molecule has 0 saturated carbocycles. The highest BCUT2D eigenvalue weighted by molar-refractivity contribution is 5.82. The smallest absolute Gasteiger partial charge is 0.338 e. The molecule has 28 heavy (non-hydrogen) atoms. The standard InChI is InChI=1S/C20H24O8/c1-4-17(21)27-19(2,3)28-18(22)16-10-11-20(26-16)24-13-15(25-20)12-23-14-8-6-5-7-9-14/h4-9,15-16H,1,10-13H2,2-3H3. The molecule has 0 N–H and O–H groups in total. The van der Waals surface area contributed by atoms with Gasteiger partial charge in [0.15, 0.2) is 6.10 Å². The third-order valence-corrected chi connectivity index (χ3v) is 4.17.